The molecular formula is C9H17FN2O3. The molecule has 5 atom stereocenters. The summed E-state index contributed by atoms with van der Waals surface area (Å²) in [5.74, 6) is -1.25. The van der Waals surface area contributed by atoms with Gasteiger partial charge in [0.2, 0.25) is 5.91 Å². The summed E-state index contributed by atoms with van der Waals surface area (Å²) in [5, 5.41) is 21.0. The van der Waals surface area contributed by atoms with Gasteiger partial charge in [0.15, 0.2) is 0 Å². The number of primary amides is 1. The number of alkyl halides is 1. The summed E-state index contributed by atoms with van der Waals surface area (Å²) < 4.78 is 13.6. The molecule has 0 spiro atoms. The number of aliphatic hydroxyl groups is 2. The van der Waals surface area contributed by atoms with E-state index >= 15 is 0 Å². The van der Waals surface area contributed by atoms with Crippen LogP contribution in [0.15, 0.2) is 0 Å². The lowest BCUT2D eigenvalue weighted by molar-refractivity contribution is -0.123. The number of hydrogen-bond acceptors (Lipinski definition) is 4. The van der Waals surface area contributed by atoms with Gasteiger partial charge in [0, 0.05) is 0 Å². The Kier molecular flexibility index (Phi) is 4.01. The molecule has 1 heterocycles. The SMILES string of the molecule is CCC(C(N)=O)C1NC(CO)C(O)C1F. The van der Waals surface area contributed by atoms with E-state index in [1.54, 1.807) is 6.92 Å². The Morgan fingerprint density at radius 1 is 1.67 bits per heavy atom. The molecule has 1 rings (SSSR count). The summed E-state index contributed by atoms with van der Waals surface area (Å²) in [5.41, 5.74) is 5.13. The molecule has 0 saturated carbocycles. The van der Waals surface area contributed by atoms with Gasteiger partial charge >= 0.3 is 0 Å². The van der Waals surface area contributed by atoms with Crippen LogP contribution in [-0.4, -0.2) is 47.1 Å². The van der Waals surface area contributed by atoms with Gasteiger partial charge in [0.25, 0.3) is 0 Å². The largest absolute Gasteiger partial charge is 0.395 e. The van der Waals surface area contributed by atoms with Crippen molar-refractivity contribution in [1.29, 1.82) is 0 Å². The maximum absolute atomic E-state index is 13.6. The smallest absolute Gasteiger partial charge is 0.222 e. The molecule has 0 bridgehead atoms. The van der Waals surface area contributed by atoms with Gasteiger partial charge in [0.1, 0.15) is 12.3 Å². The Hall–Kier alpha value is -0.720. The molecule has 1 aliphatic heterocycles. The molecule has 0 aromatic rings. The van der Waals surface area contributed by atoms with Crippen LogP contribution in [0, 0.1) is 5.92 Å². The topological polar surface area (TPSA) is 95.6 Å². The minimum atomic E-state index is -1.57. The summed E-state index contributed by atoms with van der Waals surface area (Å²) >= 11 is 0. The number of rotatable bonds is 4. The van der Waals surface area contributed by atoms with Crippen molar-refractivity contribution in [3.05, 3.63) is 0 Å². The highest BCUT2D eigenvalue weighted by molar-refractivity contribution is 5.77. The van der Waals surface area contributed by atoms with Gasteiger partial charge in [-0.2, -0.15) is 0 Å². The summed E-state index contributed by atoms with van der Waals surface area (Å²) in [4.78, 5) is 11.0. The van der Waals surface area contributed by atoms with Crippen LogP contribution in [0.5, 0.6) is 0 Å². The van der Waals surface area contributed by atoms with Crippen LogP contribution in [0.1, 0.15) is 13.3 Å². The maximum Gasteiger partial charge on any atom is 0.222 e. The number of carbonyl (C=O) groups excluding carboxylic acids is 1. The van der Waals surface area contributed by atoms with Crippen molar-refractivity contribution in [2.75, 3.05) is 6.61 Å². The Morgan fingerprint density at radius 2 is 2.27 bits per heavy atom. The molecule has 1 amide bonds. The van der Waals surface area contributed by atoms with Crippen molar-refractivity contribution in [2.45, 2.75) is 37.7 Å². The lowest BCUT2D eigenvalue weighted by atomic mass is 9.93. The molecule has 1 saturated heterocycles. The molecule has 1 fully saturated rings. The fourth-order valence-electron chi connectivity index (χ4n) is 2.00. The molecule has 0 aliphatic carbocycles. The fraction of sp³-hybridized carbons (Fsp3) is 0.889. The third-order valence-electron chi connectivity index (χ3n) is 2.92. The van der Waals surface area contributed by atoms with E-state index in [1.165, 1.54) is 0 Å². The first-order valence-electron chi connectivity index (χ1n) is 5.01. The Morgan fingerprint density at radius 3 is 2.60 bits per heavy atom. The zero-order chi connectivity index (χ0) is 11.6. The van der Waals surface area contributed by atoms with Crippen LogP contribution in [0.4, 0.5) is 4.39 Å². The summed E-state index contributed by atoms with van der Waals surface area (Å²) in [6.45, 7) is 1.36. The van der Waals surface area contributed by atoms with E-state index in [-0.39, 0.29) is 6.61 Å². The quantitative estimate of drug-likeness (QED) is 0.465. The van der Waals surface area contributed by atoms with Crippen molar-refractivity contribution < 1.29 is 19.4 Å². The zero-order valence-electron chi connectivity index (χ0n) is 8.56. The number of carbonyl (C=O) groups is 1. The van der Waals surface area contributed by atoms with Gasteiger partial charge in [-0.05, 0) is 6.42 Å². The molecular weight excluding hydrogens is 203 g/mol. The lowest BCUT2D eigenvalue weighted by Crippen LogP contribution is -2.45. The molecule has 5 nitrogen and oxygen atoms in total. The van der Waals surface area contributed by atoms with Gasteiger partial charge in [-0.15, -0.1) is 0 Å². The molecule has 0 radical (unpaired) electrons. The fourth-order valence-corrected chi connectivity index (χ4v) is 2.00. The number of nitrogens with one attached hydrogen (secondary N) is 1. The lowest BCUT2D eigenvalue weighted by Gasteiger charge is -2.21. The number of hydrogen-bond donors (Lipinski definition) is 4. The van der Waals surface area contributed by atoms with Crippen molar-refractivity contribution in [2.24, 2.45) is 11.7 Å². The standard InChI is InChI=1S/C9H17FN2O3/c1-2-4(9(11)15)7-6(10)8(14)5(3-13)12-7/h4-8,12-14H,2-3H2,1H3,(H2,11,15). The normalized spacial score (nSPS) is 37.9. The Labute approximate surface area is 87.5 Å². The Bertz CT molecular complexity index is 239. The van der Waals surface area contributed by atoms with Crippen molar-refractivity contribution in [3.63, 3.8) is 0 Å². The van der Waals surface area contributed by atoms with Crippen LogP contribution in [-0.2, 0) is 4.79 Å². The molecule has 0 aromatic carbocycles. The minimum absolute atomic E-state index is 0.368. The van der Waals surface area contributed by atoms with E-state index < -0.39 is 36.2 Å². The summed E-state index contributed by atoms with van der Waals surface area (Å²) in [7, 11) is 0. The van der Waals surface area contributed by atoms with Crippen LogP contribution in [0.3, 0.4) is 0 Å². The third kappa shape index (κ3) is 2.27. The average Bonchev–Trinajstić information content (AvgIpc) is 2.46. The number of nitrogens with two attached hydrogens (primary N) is 1. The molecule has 88 valence electrons. The zero-order valence-corrected chi connectivity index (χ0v) is 8.56. The maximum atomic E-state index is 13.6. The monoisotopic (exact) mass is 220 g/mol. The van der Waals surface area contributed by atoms with Crippen molar-refractivity contribution in [3.8, 4) is 0 Å². The first-order valence-corrected chi connectivity index (χ1v) is 5.01. The number of amides is 1. The van der Waals surface area contributed by atoms with Crippen molar-refractivity contribution in [1.82, 2.24) is 5.32 Å². The molecule has 0 aromatic heterocycles. The predicted molar refractivity (Wildman–Crippen MR) is 51.7 cm³/mol. The first-order chi connectivity index (χ1) is 7.02. The van der Waals surface area contributed by atoms with E-state index in [9.17, 15) is 14.3 Å². The van der Waals surface area contributed by atoms with E-state index in [0.29, 0.717) is 6.42 Å². The highest BCUT2D eigenvalue weighted by atomic mass is 19.1. The number of aliphatic hydroxyl groups excluding tert-OH is 2. The van der Waals surface area contributed by atoms with Crippen LogP contribution < -0.4 is 11.1 Å². The summed E-state index contributed by atoms with van der Waals surface area (Å²) in [6.07, 6.45) is -2.45. The van der Waals surface area contributed by atoms with E-state index in [0.717, 1.165) is 0 Å². The van der Waals surface area contributed by atoms with Crippen molar-refractivity contribution >= 4 is 5.91 Å². The average molecular weight is 220 g/mol. The predicted octanol–water partition coefficient (Wildman–Crippen LogP) is -1.47. The van der Waals surface area contributed by atoms with Gasteiger partial charge in [0.05, 0.1) is 24.6 Å². The summed E-state index contributed by atoms with van der Waals surface area (Å²) in [6, 6.07) is -1.53. The van der Waals surface area contributed by atoms with Crippen LogP contribution in [0.2, 0.25) is 0 Å². The molecule has 5 unspecified atom stereocenters. The molecule has 6 heteroatoms. The minimum Gasteiger partial charge on any atom is -0.395 e. The third-order valence-corrected chi connectivity index (χ3v) is 2.92. The van der Waals surface area contributed by atoms with Gasteiger partial charge in [-0.1, -0.05) is 6.92 Å². The molecule has 15 heavy (non-hydrogen) atoms. The second-order valence-corrected chi connectivity index (χ2v) is 3.83. The van der Waals surface area contributed by atoms with Gasteiger partial charge < -0.3 is 21.3 Å². The van der Waals surface area contributed by atoms with E-state index in [1.807, 2.05) is 0 Å². The highest BCUT2D eigenvalue weighted by Gasteiger charge is 2.46. The number of halogens is 1. The van der Waals surface area contributed by atoms with Gasteiger partial charge in [-0.25, -0.2) is 4.39 Å². The van der Waals surface area contributed by atoms with Gasteiger partial charge in [-0.3, -0.25) is 4.79 Å². The highest BCUT2D eigenvalue weighted by Crippen LogP contribution is 2.25. The van der Waals surface area contributed by atoms with E-state index in [4.69, 9.17) is 10.8 Å². The van der Waals surface area contributed by atoms with Crippen LogP contribution in [0.25, 0.3) is 0 Å². The van der Waals surface area contributed by atoms with Crippen LogP contribution >= 0.6 is 0 Å². The molecule has 5 N–H and O–H groups in total. The second-order valence-electron chi connectivity index (χ2n) is 3.83. The second kappa shape index (κ2) is 4.87. The van der Waals surface area contributed by atoms with E-state index in [2.05, 4.69) is 5.32 Å². The molecule has 1 aliphatic rings. The Balaban J connectivity index is 2.75. The first kappa shape index (κ1) is 12.4.